The summed E-state index contributed by atoms with van der Waals surface area (Å²) in [5.41, 5.74) is 0.776. The fourth-order valence-corrected chi connectivity index (χ4v) is 1.13. The molecule has 0 spiro atoms. The number of thiol groups is 1. The van der Waals surface area contributed by atoms with Crippen molar-refractivity contribution in [2.24, 2.45) is 0 Å². The van der Waals surface area contributed by atoms with Crippen molar-refractivity contribution in [2.75, 3.05) is 12.9 Å². The van der Waals surface area contributed by atoms with E-state index in [0.29, 0.717) is 17.1 Å². The molecule has 15 heavy (non-hydrogen) atoms. The Morgan fingerprint density at radius 3 is 2.80 bits per heavy atom. The highest BCUT2D eigenvalue weighted by Crippen LogP contribution is 2.16. The molecule has 0 fully saturated rings. The number of ether oxygens (including phenoxy) is 1. The highest BCUT2D eigenvalue weighted by molar-refractivity contribution is 7.80. The van der Waals surface area contributed by atoms with Crippen LogP contribution in [0.4, 0.5) is 0 Å². The molecule has 4 heteroatoms. The lowest BCUT2D eigenvalue weighted by Crippen LogP contribution is -1.98. The van der Waals surface area contributed by atoms with Crippen molar-refractivity contribution in [3.05, 3.63) is 29.3 Å². The van der Waals surface area contributed by atoms with Gasteiger partial charge < -0.3 is 9.84 Å². The summed E-state index contributed by atoms with van der Waals surface area (Å²) in [6, 6.07) is 4.64. The standard InChI is InChI=1S/C11H10O3S/c1-14-10-6-8(3-2-4-15)5-9(7-10)11(12)13/h5-7,15H,4H2,1H3,(H,12,13). The minimum Gasteiger partial charge on any atom is -0.497 e. The van der Waals surface area contributed by atoms with E-state index in [0.717, 1.165) is 0 Å². The van der Waals surface area contributed by atoms with Gasteiger partial charge in [-0.25, -0.2) is 4.79 Å². The second-order valence-electron chi connectivity index (χ2n) is 2.72. The number of carboxylic acid groups (broad SMARTS) is 1. The first-order valence-corrected chi connectivity index (χ1v) is 4.82. The summed E-state index contributed by atoms with van der Waals surface area (Å²) in [7, 11) is 1.48. The van der Waals surface area contributed by atoms with Crippen molar-refractivity contribution in [1.29, 1.82) is 0 Å². The molecule has 3 nitrogen and oxygen atoms in total. The zero-order valence-electron chi connectivity index (χ0n) is 8.15. The first kappa shape index (κ1) is 11.5. The number of methoxy groups -OCH3 is 1. The third-order valence-electron chi connectivity index (χ3n) is 1.70. The van der Waals surface area contributed by atoms with E-state index in [2.05, 4.69) is 24.5 Å². The maximum atomic E-state index is 10.8. The number of rotatable bonds is 2. The average molecular weight is 222 g/mol. The van der Waals surface area contributed by atoms with Gasteiger partial charge in [0.1, 0.15) is 5.75 Å². The Morgan fingerprint density at radius 1 is 1.53 bits per heavy atom. The molecule has 0 heterocycles. The lowest BCUT2D eigenvalue weighted by molar-refractivity contribution is 0.0696. The molecule has 1 rings (SSSR count). The first-order valence-electron chi connectivity index (χ1n) is 4.19. The van der Waals surface area contributed by atoms with E-state index in [1.807, 2.05) is 0 Å². The van der Waals surface area contributed by atoms with Gasteiger partial charge in [0.15, 0.2) is 0 Å². The number of carbonyl (C=O) groups is 1. The van der Waals surface area contributed by atoms with Gasteiger partial charge >= 0.3 is 5.97 Å². The van der Waals surface area contributed by atoms with E-state index in [1.165, 1.54) is 19.2 Å². The van der Waals surface area contributed by atoms with Crippen LogP contribution in [0.5, 0.6) is 5.75 Å². The van der Waals surface area contributed by atoms with Gasteiger partial charge in [0, 0.05) is 5.56 Å². The fourth-order valence-electron chi connectivity index (χ4n) is 1.05. The Morgan fingerprint density at radius 2 is 2.27 bits per heavy atom. The van der Waals surface area contributed by atoms with Gasteiger partial charge in [0.2, 0.25) is 0 Å². The zero-order valence-corrected chi connectivity index (χ0v) is 9.04. The monoisotopic (exact) mass is 222 g/mol. The van der Waals surface area contributed by atoms with Gasteiger partial charge in [0.25, 0.3) is 0 Å². The summed E-state index contributed by atoms with van der Waals surface area (Å²) in [6.45, 7) is 0. The zero-order chi connectivity index (χ0) is 11.3. The van der Waals surface area contributed by atoms with Crippen LogP contribution < -0.4 is 4.74 Å². The summed E-state index contributed by atoms with van der Waals surface area (Å²) >= 11 is 3.94. The van der Waals surface area contributed by atoms with Crippen molar-refractivity contribution in [3.8, 4) is 17.6 Å². The highest BCUT2D eigenvalue weighted by Gasteiger charge is 2.05. The molecule has 1 aromatic rings. The van der Waals surface area contributed by atoms with E-state index in [9.17, 15) is 4.79 Å². The van der Waals surface area contributed by atoms with Gasteiger partial charge in [-0.3, -0.25) is 0 Å². The summed E-state index contributed by atoms with van der Waals surface area (Å²) in [5, 5.41) is 8.84. The maximum Gasteiger partial charge on any atom is 0.335 e. The number of aromatic carboxylic acids is 1. The Kier molecular flexibility index (Phi) is 4.07. The maximum absolute atomic E-state index is 10.8. The third-order valence-corrected chi connectivity index (χ3v) is 1.86. The van der Waals surface area contributed by atoms with Crippen LogP contribution in [0.3, 0.4) is 0 Å². The van der Waals surface area contributed by atoms with E-state index in [1.54, 1.807) is 6.07 Å². The SMILES string of the molecule is COc1cc(C#CCS)cc(C(=O)O)c1. The van der Waals surface area contributed by atoms with Gasteiger partial charge in [-0.1, -0.05) is 11.8 Å². The molecule has 0 aromatic heterocycles. The Balaban J connectivity index is 3.17. The molecule has 0 aliphatic carbocycles. The molecule has 0 amide bonds. The minimum absolute atomic E-state index is 0.165. The average Bonchev–Trinajstić information content (AvgIpc) is 2.25. The molecule has 0 atom stereocenters. The van der Waals surface area contributed by atoms with Crippen molar-refractivity contribution in [3.63, 3.8) is 0 Å². The normalized spacial score (nSPS) is 8.93. The van der Waals surface area contributed by atoms with Gasteiger partial charge in [-0.15, -0.1) is 0 Å². The molecule has 78 valence electrons. The molecule has 0 aliphatic rings. The second kappa shape index (κ2) is 5.32. The van der Waals surface area contributed by atoms with Crippen molar-refractivity contribution >= 4 is 18.6 Å². The smallest absolute Gasteiger partial charge is 0.335 e. The molecule has 1 aromatic carbocycles. The summed E-state index contributed by atoms with van der Waals surface area (Å²) < 4.78 is 4.98. The van der Waals surface area contributed by atoms with Crippen molar-refractivity contribution in [2.45, 2.75) is 0 Å². The van der Waals surface area contributed by atoms with Crippen LogP contribution in [0, 0.1) is 11.8 Å². The van der Waals surface area contributed by atoms with Crippen LogP contribution >= 0.6 is 12.6 Å². The third kappa shape index (κ3) is 3.22. The molecule has 0 unspecified atom stereocenters. The number of carboxylic acids is 1. The van der Waals surface area contributed by atoms with Gasteiger partial charge in [-0.2, -0.15) is 12.6 Å². The molecule has 1 N–H and O–H groups in total. The lowest BCUT2D eigenvalue weighted by Gasteiger charge is -2.02. The number of benzene rings is 1. The molecule has 0 saturated heterocycles. The summed E-state index contributed by atoms with van der Waals surface area (Å²) in [4.78, 5) is 10.8. The molecule has 0 bridgehead atoms. The van der Waals surface area contributed by atoms with Crippen LogP contribution in [0.1, 0.15) is 15.9 Å². The largest absolute Gasteiger partial charge is 0.497 e. The first-order chi connectivity index (χ1) is 7.17. The Hall–Kier alpha value is -1.60. The van der Waals surface area contributed by atoms with Crippen LogP contribution in [0.15, 0.2) is 18.2 Å². The number of hydrogen-bond donors (Lipinski definition) is 2. The molecule has 0 saturated carbocycles. The van der Waals surface area contributed by atoms with E-state index >= 15 is 0 Å². The predicted octanol–water partition coefficient (Wildman–Crippen LogP) is 1.67. The van der Waals surface area contributed by atoms with E-state index < -0.39 is 5.97 Å². The second-order valence-corrected chi connectivity index (χ2v) is 3.03. The van der Waals surface area contributed by atoms with Gasteiger partial charge in [-0.05, 0) is 18.2 Å². The highest BCUT2D eigenvalue weighted by atomic mass is 32.1. The minimum atomic E-state index is -0.997. The van der Waals surface area contributed by atoms with Crippen LogP contribution in [-0.2, 0) is 0 Å². The van der Waals surface area contributed by atoms with E-state index in [4.69, 9.17) is 9.84 Å². The van der Waals surface area contributed by atoms with E-state index in [-0.39, 0.29) is 5.56 Å². The quantitative estimate of drug-likeness (QED) is 0.591. The molecule has 0 radical (unpaired) electrons. The van der Waals surface area contributed by atoms with Crippen molar-refractivity contribution in [1.82, 2.24) is 0 Å². The Bertz CT molecular complexity index is 429. The fraction of sp³-hybridized carbons (Fsp3) is 0.182. The molecular formula is C11H10O3S. The van der Waals surface area contributed by atoms with Crippen LogP contribution in [0.2, 0.25) is 0 Å². The number of hydrogen-bond acceptors (Lipinski definition) is 3. The van der Waals surface area contributed by atoms with Crippen molar-refractivity contribution < 1.29 is 14.6 Å². The lowest BCUT2D eigenvalue weighted by atomic mass is 10.1. The molecule has 0 aliphatic heterocycles. The summed E-state index contributed by atoms with van der Waals surface area (Å²) in [6.07, 6.45) is 0. The van der Waals surface area contributed by atoms with Crippen LogP contribution in [0.25, 0.3) is 0 Å². The topological polar surface area (TPSA) is 46.5 Å². The predicted molar refractivity (Wildman–Crippen MR) is 60.7 cm³/mol. The molecular weight excluding hydrogens is 212 g/mol. The van der Waals surface area contributed by atoms with Crippen LogP contribution in [-0.4, -0.2) is 23.9 Å². The van der Waals surface area contributed by atoms with Gasteiger partial charge in [0.05, 0.1) is 18.4 Å². The summed E-state index contributed by atoms with van der Waals surface area (Å²) in [5.74, 6) is 5.46. The Labute approximate surface area is 93.5 Å².